The SMILES string of the molecule is CCn1cncc1CNC1CC2CC1C1CCCC21. The van der Waals surface area contributed by atoms with Crippen molar-refractivity contribution in [3.63, 3.8) is 0 Å². The molecule has 0 spiro atoms. The number of rotatable bonds is 4. The fraction of sp³-hybridized carbons (Fsp3) is 0.812. The summed E-state index contributed by atoms with van der Waals surface area (Å²) in [5, 5.41) is 3.84. The van der Waals surface area contributed by atoms with Gasteiger partial charge in [0.05, 0.1) is 12.0 Å². The summed E-state index contributed by atoms with van der Waals surface area (Å²) in [6.07, 6.45) is 11.5. The minimum Gasteiger partial charge on any atom is -0.334 e. The molecule has 0 saturated heterocycles. The zero-order valence-electron chi connectivity index (χ0n) is 11.9. The van der Waals surface area contributed by atoms with E-state index >= 15 is 0 Å². The Balaban J connectivity index is 1.40. The van der Waals surface area contributed by atoms with E-state index in [-0.39, 0.29) is 0 Å². The fourth-order valence-corrected chi connectivity index (χ4v) is 5.32. The van der Waals surface area contributed by atoms with Gasteiger partial charge in [0.25, 0.3) is 0 Å². The van der Waals surface area contributed by atoms with Gasteiger partial charge in [-0.25, -0.2) is 4.98 Å². The Morgan fingerprint density at radius 3 is 3.05 bits per heavy atom. The Morgan fingerprint density at radius 1 is 1.26 bits per heavy atom. The molecular formula is C16H25N3. The summed E-state index contributed by atoms with van der Waals surface area (Å²) < 4.78 is 2.25. The first-order valence-electron chi connectivity index (χ1n) is 8.09. The van der Waals surface area contributed by atoms with Crippen LogP contribution in [0.4, 0.5) is 0 Å². The van der Waals surface area contributed by atoms with Gasteiger partial charge in [0, 0.05) is 25.3 Å². The second-order valence-electron chi connectivity index (χ2n) is 6.81. The zero-order chi connectivity index (χ0) is 12.8. The molecule has 0 amide bonds. The van der Waals surface area contributed by atoms with Gasteiger partial charge in [0.1, 0.15) is 0 Å². The molecule has 0 aliphatic heterocycles. The maximum atomic E-state index is 4.26. The molecule has 19 heavy (non-hydrogen) atoms. The van der Waals surface area contributed by atoms with Crippen LogP contribution in [0.3, 0.4) is 0 Å². The van der Waals surface area contributed by atoms with Crippen LogP contribution in [0.5, 0.6) is 0 Å². The van der Waals surface area contributed by atoms with Crippen LogP contribution in [0.2, 0.25) is 0 Å². The molecule has 104 valence electrons. The monoisotopic (exact) mass is 259 g/mol. The van der Waals surface area contributed by atoms with E-state index in [9.17, 15) is 0 Å². The first-order valence-corrected chi connectivity index (χ1v) is 8.09. The van der Waals surface area contributed by atoms with Crippen molar-refractivity contribution in [2.45, 2.75) is 58.2 Å². The third-order valence-electron chi connectivity index (χ3n) is 6.11. The highest BCUT2D eigenvalue weighted by atomic mass is 15.1. The van der Waals surface area contributed by atoms with Crippen molar-refractivity contribution in [2.75, 3.05) is 0 Å². The normalized spacial score (nSPS) is 39.9. The molecule has 1 N–H and O–H groups in total. The van der Waals surface area contributed by atoms with Gasteiger partial charge in [0.15, 0.2) is 0 Å². The molecule has 1 aromatic heterocycles. The molecule has 3 heteroatoms. The van der Waals surface area contributed by atoms with Crippen molar-refractivity contribution in [2.24, 2.45) is 23.7 Å². The Morgan fingerprint density at radius 2 is 2.16 bits per heavy atom. The summed E-state index contributed by atoms with van der Waals surface area (Å²) in [6.45, 7) is 4.21. The van der Waals surface area contributed by atoms with E-state index < -0.39 is 0 Å². The summed E-state index contributed by atoms with van der Waals surface area (Å²) in [4.78, 5) is 4.26. The van der Waals surface area contributed by atoms with Crippen LogP contribution < -0.4 is 5.32 Å². The summed E-state index contributed by atoms with van der Waals surface area (Å²) in [5.41, 5.74) is 1.34. The van der Waals surface area contributed by atoms with Crippen molar-refractivity contribution in [1.29, 1.82) is 0 Å². The Bertz CT molecular complexity index is 453. The van der Waals surface area contributed by atoms with Gasteiger partial charge in [-0.1, -0.05) is 6.42 Å². The van der Waals surface area contributed by atoms with E-state index in [2.05, 4.69) is 21.8 Å². The van der Waals surface area contributed by atoms with Crippen molar-refractivity contribution in [3.05, 3.63) is 18.2 Å². The second-order valence-corrected chi connectivity index (χ2v) is 6.81. The molecule has 5 atom stereocenters. The van der Waals surface area contributed by atoms with Crippen LogP contribution in [-0.2, 0) is 13.1 Å². The molecule has 0 radical (unpaired) electrons. The number of hydrogen-bond acceptors (Lipinski definition) is 2. The lowest BCUT2D eigenvalue weighted by molar-refractivity contribution is 0.207. The number of fused-ring (bicyclic) bond motifs is 5. The molecule has 3 nitrogen and oxygen atoms in total. The van der Waals surface area contributed by atoms with Crippen LogP contribution in [-0.4, -0.2) is 15.6 Å². The van der Waals surface area contributed by atoms with E-state index in [0.29, 0.717) is 0 Å². The highest BCUT2D eigenvalue weighted by molar-refractivity contribution is 5.06. The van der Waals surface area contributed by atoms with Gasteiger partial charge in [-0.3, -0.25) is 0 Å². The van der Waals surface area contributed by atoms with Crippen molar-refractivity contribution in [3.8, 4) is 0 Å². The van der Waals surface area contributed by atoms with E-state index in [4.69, 9.17) is 0 Å². The molecule has 5 unspecified atom stereocenters. The van der Waals surface area contributed by atoms with Crippen LogP contribution in [0.1, 0.15) is 44.7 Å². The molecule has 3 aliphatic carbocycles. The van der Waals surface area contributed by atoms with E-state index in [1.54, 1.807) is 0 Å². The van der Waals surface area contributed by atoms with Gasteiger partial charge in [-0.05, 0) is 56.3 Å². The number of aryl methyl sites for hydroxylation is 1. The summed E-state index contributed by atoms with van der Waals surface area (Å²) in [7, 11) is 0. The standard InChI is InChI=1S/C16H25N3/c1-2-19-10-17-8-12(19)9-18-16-7-11-6-15(16)14-5-3-4-13(11)14/h8,10-11,13-16,18H,2-7,9H2,1H3. The summed E-state index contributed by atoms with van der Waals surface area (Å²) >= 11 is 0. The molecule has 3 aliphatic rings. The summed E-state index contributed by atoms with van der Waals surface area (Å²) in [6, 6.07) is 0.782. The predicted molar refractivity (Wildman–Crippen MR) is 75.6 cm³/mol. The van der Waals surface area contributed by atoms with Crippen LogP contribution in [0.15, 0.2) is 12.5 Å². The molecule has 2 bridgehead atoms. The highest BCUT2D eigenvalue weighted by Gasteiger charge is 2.53. The lowest BCUT2D eigenvalue weighted by Gasteiger charge is -2.32. The van der Waals surface area contributed by atoms with Gasteiger partial charge in [-0.2, -0.15) is 0 Å². The Kier molecular flexibility index (Phi) is 2.91. The average Bonchev–Trinajstić information content (AvgIpc) is 3.16. The van der Waals surface area contributed by atoms with Gasteiger partial charge < -0.3 is 9.88 Å². The minimum absolute atomic E-state index is 0.782. The molecule has 3 fully saturated rings. The smallest absolute Gasteiger partial charge is 0.0948 e. The van der Waals surface area contributed by atoms with Gasteiger partial charge >= 0.3 is 0 Å². The largest absolute Gasteiger partial charge is 0.334 e. The third kappa shape index (κ3) is 1.85. The molecule has 1 aromatic rings. The third-order valence-corrected chi connectivity index (χ3v) is 6.11. The Hall–Kier alpha value is -0.830. The topological polar surface area (TPSA) is 29.9 Å². The molecule has 0 aromatic carbocycles. The number of imidazole rings is 1. The first-order chi connectivity index (χ1) is 9.36. The molecule has 3 saturated carbocycles. The molecular weight excluding hydrogens is 234 g/mol. The molecule has 1 heterocycles. The number of nitrogens with zero attached hydrogens (tertiary/aromatic N) is 2. The predicted octanol–water partition coefficient (Wildman–Crippen LogP) is 2.82. The summed E-state index contributed by atoms with van der Waals surface area (Å²) in [5.74, 6) is 4.19. The maximum Gasteiger partial charge on any atom is 0.0948 e. The zero-order valence-corrected chi connectivity index (χ0v) is 11.9. The van der Waals surface area contributed by atoms with Gasteiger partial charge in [-0.15, -0.1) is 0 Å². The van der Waals surface area contributed by atoms with E-state index in [1.807, 2.05) is 12.5 Å². The Labute approximate surface area is 115 Å². The van der Waals surface area contributed by atoms with Crippen LogP contribution >= 0.6 is 0 Å². The second kappa shape index (κ2) is 4.62. The lowest BCUT2D eigenvalue weighted by Crippen LogP contribution is -2.39. The average molecular weight is 259 g/mol. The van der Waals surface area contributed by atoms with E-state index in [1.165, 1.54) is 37.8 Å². The number of nitrogens with one attached hydrogen (secondary N) is 1. The first kappa shape index (κ1) is 12.0. The van der Waals surface area contributed by atoms with Crippen molar-refractivity contribution >= 4 is 0 Å². The minimum atomic E-state index is 0.782. The number of hydrogen-bond donors (Lipinski definition) is 1. The maximum absolute atomic E-state index is 4.26. The lowest BCUT2D eigenvalue weighted by atomic mass is 9.79. The van der Waals surface area contributed by atoms with E-state index in [0.717, 1.165) is 42.8 Å². The fourth-order valence-electron chi connectivity index (χ4n) is 5.32. The van der Waals surface area contributed by atoms with Crippen molar-refractivity contribution < 1.29 is 0 Å². The molecule has 4 rings (SSSR count). The highest BCUT2D eigenvalue weighted by Crippen LogP contribution is 2.58. The van der Waals surface area contributed by atoms with Crippen LogP contribution in [0.25, 0.3) is 0 Å². The van der Waals surface area contributed by atoms with Crippen molar-refractivity contribution in [1.82, 2.24) is 14.9 Å². The van der Waals surface area contributed by atoms with Gasteiger partial charge in [0.2, 0.25) is 0 Å². The number of aromatic nitrogens is 2. The van der Waals surface area contributed by atoms with Crippen LogP contribution in [0, 0.1) is 23.7 Å². The quantitative estimate of drug-likeness (QED) is 0.901.